The highest BCUT2D eigenvalue weighted by Crippen LogP contribution is 2.17. The van der Waals surface area contributed by atoms with Gasteiger partial charge in [-0.3, -0.25) is 4.79 Å². The maximum absolute atomic E-state index is 12.2. The first-order chi connectivity index (χ1) is 10.7. The Kier molecular flexibility index (Phi) is 5.56. The van der Waals surface area contributed by atoms with Crippen LogP contribution in [0.15, 0.2) is 48.5 Å². The van der Waals surface area contributed by atoms with Crippen LogP contribution >= 0.6 is 0 Å². The molecule has 2 aromatic rings. The van der Waals surface area contributed by atoms with Crippen LogP contribution in [0.5, 0.6) is 5.75 Å². The second-order valence-corrected chi connectivity index (χ2v) is 4.84. The number of amides is 1. The lowest BCUT2D eigenvalue weighted by Gasteiger charge is -2.08. The number of unbranched alkanes of at least 4 members (excludes halogenated alkanes) is 1. The van der Waals surface area contributed by atoms with Crippen LogP contribution in [0.25, 0.3) is 0 Å². The molecular formula is C18H18N2O2. The predicted octanol–water partition coefficient (Wildman–Crippen LogP) is 3.99. The summed E-state index contributed by atoms with van der Waals surface area (Å²) in [6.07, 6.45) is 2.09. The molecule has 0 fully saturated rings. The van der Waals surface area contributed by atoms with Crippen LogP contribution in [0.3, 0.4) is 0 Å². The SMILES string of the molecule is CCCCOc1ccc(C(=O)Nc2ccccc2C#N)cc1. The number of nitriles is 1. The van der Waals surface area contributed by atoms with Crippen molar-refractivity contribution in [3.8, 4) is 11.8 Å². The highest BCUT2D eigenvalue weighted by Gasteiger charge is 2.08. The van der Waals surface area contributed by atoms with Gasteiger partial charge < -0.3 is 10.1 Å². The number of carbonyl (C=O) groups excluding carboxylic acids is 1. The van der Waals surface area contributed by atoms with Gasteiger partial charge in [0, 0.05) is 5.56 Å². The van der Waals surface area contributed by atoms with Crippen molar-refractivity contribution in [3.05, 3.63) is 59.7 Å². The number of ether oxygens (including phenoxy) is 1. The van der Waals surface area contributed by atoms with E-state index in [1.54, 1.807) is 48.5 Å². The lowest BCUT2D eigenvalue weighted by molar-refractivity contribution is 0.102. The van der Waals surface area contributed by atoms with E-state index < -0.39 is 0 Å². The minimum atomic E-state index is -0.247. The summed E-state index contributed by atoms with van der Waals surface area (Å²) in [6, 6.07) is 16.0. The van der Waals surface area contributed by atoms with Crippen molar-refractivity contribution in [1.29, 1.82) is 5.26 Å². The zero-order valence-electron chi connectivity index (χ0n) is 12.5. The minimum absolute atomic E-state index is 0.247. The van der Waals surface area contributed by atoms with Gasteiger partial charge in [-0.25, -0.2) is 0 Å². The standard InChI is InChI=1S/C18H18N2O2/c1-2-3-12-22-16-10-8-14(9-11-16)18(21)20-17-7-5-4-6-15(17)13-19/h4-11H,2-3,12H2,1H3,(H,20,21). The number of para-hydroxylation sites is 1. The molecule has 0 aliphatic rings. The van der Waals surface area contributed by atoms with Crippen LogP contribution in [-0.2, 0) is 0 Å². The molecule has 0 unspecified atom stereocenters. The van der Waals surface area contributed by atoms with Crippen molar-refractivity contribution >= 4 is 11.6 Å². The zero-order valence-corrected chi connectivity index (χ0v) is 12.5. The third kappa shape index (κ3) is 4.10. The van der Waals surface area contributed by atoms with E-state index in [9.17, 15) is 4.79 Å². The topological polar surface area (TPSA) is 62.1 Å². The number of benzene rings is 2. The van der Waals surface area contributed by atoms with Gasteiger partial charge in [0.15, 0.2) is 0 Å². The monoisotopic (exact) mass is 294 g/mol. The Hall–Kier alpha value is -2.80. The molecule has 4 heteroatoms. The van der Waals surface area contributed by atoms with Gasteiger partial charge in [0.05, 0.1) is 17.9 Å². The molecular weight excluding hydrogens is 276 g/mol. The van der Waals surface area contributed by atoms with E-state index in [0.29, 0.717) is 23.4 Å². The molecule has 0 aliphatic carbocycles. The third-order valence-electron chi connectivity index (χ3n) is 3.18. The average Bonchev–Trinajstić information content (AvgIpc) is 2.56. The van der Waals surface area contributed by atoms with E-state index in [-0.39, 0.29) is 5.91 Å². The number of nitrogens with zero attached hydrogens (tertiary/aromatic N) is 1. The normalized spacial score (nSPS) is 9.82. The molecule has 2 aromatic carbocycles. The molecule has 1 N–H and O–H groups in total. The lowest BCUT2D eigenvalue weighted by Crippen LogP contribution is -2.12. The number of hydrogen-bond acceptors (Lipinski definition) is 3. The van der Waals surface area contributed by atoms with E-state index >= 15 is 0 Å². The van der Waals surface area contributed by atoms with Crippen molar-refractivity contribution in [3.63, 3.8) is 0 Å². The van der Waals surface area contributed by atoms with Crippen LogP contribution in [0.1, 0.15) is 35.7 Å². The molecule has 0 aliphatic heterocycles. The molecule has 0 bridgehead atoms. The van der Waals surface area contributed by atoms with Gasteiger partial charge in [-0.1, -0.05) is 25.5 Å². The number of hydrogen-bond donors (Lipinski definition) is 1. The van der Waals surface area contributed by atoms with Crippen LogP contribution in [-0.4, -0.2) is 12.5 Å². The van der Waals surface area contributed by atoms with Gasteiger partial charge in [0.2, 0.25) is 0 Å². The van der Waals surface area contributed by atoms with Crippen LogP contribution in [0.2, 0.25) is 0 Å². The Balaban J connectivity index is 2.02. The first kappa shape index (κ1) is 15.6. The maximum atomic E-state index is 12.2. The summed E-state index contributed by atoms with van der Waals surface area (Å²) in [7, 11) is 0. The third-order valence-corrected chi connectivity index (χ3v) is 3.18. The summed E-state index contributed by atoms with van der Waals surface area (Å²) in [5.74, 6) is 0.505. The van der Waals surface area contributed by atoms with Crippen molar-refractivity contribution in [2.45, 2.75) is 19.8 Å². The van der Waals surface area contributed by atoms with E-state index in [4.69, 9.17) is 10.00 Å². The molecule has 0 saturated carbocycles. The van der Waals surface area contributed by atoms with Crippen LogP contribution < -0.4 is 10.1 Å². The second kappa shape index (κ2) is 7.84. The lowest BCUT2D eigenvalue weighted by atomic mass is 10.1. The molecule has 4 nitrogen and oxygen atoms in total. The Morgan fingerprint density at radius 2 is 1.91 bits per heavy atom. The molecule has 0 atom stereocenters. The highest BCUT2D eigenvalue weighted by atomic mass is 16.5. The number of carbonyl (C=O) groups is 1. The van der Waals surface area contributed by atoms with E-state index in [1.807, 2.05) is 0 Å². The Labute approximate surface area is 130 Å². The summed E-state index contributed by atoms with van der Waals surface area (Å²) in [5, 5.41) is 11.8. The largest absolute Gasteiger partial charge is 0.494 e. The van der Waals surface area contributed by atoms with E-state index in [1.165, 1.54) is 0 Å². The maximum Gasteiger partial charge on any atom is 0.255 e. The average molecular weight is 294 g/mol. The van der Waals surface area contributed by atoms with Crippen molar-refractivity contribution in [2.75, 3.05) is 11.9 Å². The summed E-state index contributed by atoms with van der Waals surface area (Å²) >= 11 is 0. The van der Waals surface area contributed by atoms with Gasteiger partial charge in [0.25, 0.3) is 5.91 Å². The number of nitrogens with one attached hydrogen (secondary N) is 1. The smallest absolute Gasteiger partial charge is 0.255 e. The zero-order chi connectivity index (χ0) is 15.8. The van der Waals surface area contributed by atoms with Crippen LogP contribution in [0.4, 0.5) is 5.69 Å². The molecule has 0 spiro atoms. The quantitative estimate of drug-likeness (QED) is 0.819. The van der Waals surface area contributed by atoms with Gasteiger partial charge in [-0.2, -0.15) is 5.26 Å². The first-order valence-electron chi connectivity index (χ1n) is 7.28. The second-order valence-electron chi connectivity index (χ2n) is 4.84. The summed E-state index contributed by atoms with van der Waals surface area (Å²) in [6.45, 7) is 2.79. The number of rotatable bonds is 6. The first-order valence-corrected chi connectivity index (χ1v) is 7.28. The molecule has 0 saturated heterocycles. The molecule has 112 valence electrons. The predicted molar refractivity (Wildman–Crippen MR) is 86.0 cm³/mol. The fourth-order valence-electron chi connectivity index (χ4n) is 1.92. The van der Waals surface area contributed by atoms with Gasteiger partial charge in [-0.15, -0.1) is 0 Å². The van der Waals surface area contributed by atoms with Crippen molar-refractivity contribution < 1.29 is 9.53 Å². The van der Waals surface area contributed by atoms with E-state index in [0.717, 1.165) is 18.6 Å². The summed E-state index contributed by atoms with van der Waals surface area (Å²) < 4.78 is 5.56. The highest BCUT2D eigenvalue weighted by molar-refractivity contribution is 6.04. The fourth-order valence-corrected chi connectivity index (χ4v) is 1.92. The van der Waals surface area contributed by atoms with Crippen molar-refractivity contribution in [1.82, 2.24) is 0 Å². The van der Waals surface area contributed by atoms with Crippen molar-refractivity contribution in [2.24, 2.45) is 0 Å². The Morgan fingerprint density at radius 1 is 1.18 bits per heavy atom. The van der Waals surface area contributed by atoms with Gasteiger partial charge >= 0.3 is 0 Å². The summed E-state index contributed by atoms with van der Waals surface area (Å²) in [5.41, 5.74) is 1.48. The number of anilines is 1. The fraction of sp³-hybridized carbons (Fsp3) is 0.222. The Bertz CT molecular complexity index is 672. The molecule has 0 radical (unpaired) electrons. The summed E-state index contributed by atoms with van der Waals surface area (Å²) in [4.78, 5) is 12.2. The Morgan fingerprint density at radius 3 is 2.59 bits per heavy atom. The molecule has 0 aromatic heterocycles. The van der Waals surface area contributed by atoms with Crippen LogP contribution in [0, 0.1) is 11.3 Å². The van der Waals surface area contributed by atoms with Gasteiger partial charge in [0.1, 0.15) is 11.8 Å². The molecule has 22 heavy (non-hydrogen) atoms. The van der Waals surface area contributed by atoms with Gasteiger partial charge in [-0.05, 0) is 42.8 Å². The molecule has 0 heterocycles. The van der Waals surface area contributed by atoms with E-state index in [2.05, 4.69) is 18.3 Å². The molecule has 2 rings (SSSR count). The minimum Gasteiger partial charge on any atom is -0.494 e. The molecule has 1 amide bonds.